The number of ether oxygens (including phenoxy) is 1. The molecule has 9 heteroatoms. The van der Waals surface area contributed by atoms with Gasteiger partial charge in [-0.25, -0.2) is 0 Å². The van der Waals surface area contributed by atoms with Gasteiger partial charge in [-0.15, -0.1) is 0 Å². The summed E-state index contributed by atoms with van der Waals surface area (Å²) in [4.78, 5) is 0. The molecule has 0 amide bonds. The lowest BCUT2D eigenvalue weighted by atomic mass is 9.98. The van der Waals surface area contributed by atoms with Crippen LogP contribution in [0, 0.1) is 0 Å². The third-order valence-electron chi connectivity index (χ3n) is 3.05. The summed E-state index contributed by atoms with van der Waals surface area (Å²) in [7, 11) is 0. The van der Waals surface area contributed by atoms with Crippen LogP contribution in [-0.2, 0) is 0 Å². The molecule has 24 heavy (non-hydrogen) atoms. The Morgan fingerprint density at radius 2 is 1.42 bits per heavy atom. The largest absolute Gasteiger partial charge is 0.456 e. The smallest absolute Gasteiger partial charge is 0.404 e. The molecule has 0 fully saturated rings. The molecule has 130 valence electrons. The van der Waals surface area contributed by atoms with Crippen LogP contribution in [0.3, 0.4) is 0 Å². The molecule has 0 atom stereocenters. The molecule has 0 spiro atoms. The van der Waals surface area contributed by atoms with Gasteiger partial charge in [0.1, 0.15) is 11.5 Å². The summed E-state index contributed by atoms with van der Waals surface area (Å²) >= 11 is 5.88. The van der Waals surface area contributed by atoms with Crippen LogP contribution in [0.4, 0.5) is 32.0 Å². The summed E-state index contributed by atoms with van der Waals surface area (Å²) in [6, 6.07) is 7.75. The van der Waals surface area contributed by atoms with E-state index in [1.807, 2.05) is 0 Å². The molecule has 0 saturated carbocycles. The van der Waals surface area contributed by atoms with Crippen molar-refractivity contribution >= 4 is 17.3 Å². The fourth-order valence-electron chi connectivity index (χ4n) is 2.02. The first kappa shape index (κ1) is 18.3. The number of halogens is 7. The van der Waals surface area contributed by atoms with Crippen LogP contribution in [0.1, 0.15) is 11.5 Å². The van der Waals surface area contributed by atoms with E-state index in [0.717, 1.165) is 12.1 Å². The Morgan fingerprint density at radius 1 is 0.875 bits per heavy atom. The van der Waals surface area contributed by atoms with Gasteiger partial charge in [-0.1, -0.05) is 23.7 Å². The summed E-state index contributed by atoms with van der Waals surface area (Å²) in [5.41, 5.74) is 4.95. The molecule has 2 nitrogen and oxygen atoms in total. The first-order chi connectivity index (χ1) is 11.0. The van der Waals surface area contributed by atoms with E-state index in [-0.39, 0.29) is 16.5 Å². The molecule has 0 aliphatic heterocycles. The van der Waals surface area contributed by atoms with Crippen molar-refractivity contribution in [2.24, 2.45) is 0 Å². The zero-order valence-corrected chi connectivity index (χ0v) is 12.5. The SMILES string of the molecule is Nc1ccc(Oc2ccc(C(C(F)(F)F)C(F)(F)F)cc2)c(Cl)c1. The second-order valence-electron chi connectivity index (χ2n) is 4.88. The highest BCUT2D eigenvalue weighted by Gasteiger charge is 2.57. The summed E-state index contributed by atoms with van der Waals surface area (Å²) in [5, 5.41) is 0.155. The van der Waals surface area contributed by atoms with Crippen LogP contribution in [0.2, 0.25) is 5.02 Å². The van der Waals surface area contributed by atoms with Crippen molar-refractivity contribution in [3.63, 3.8) is 0 Å². The van der Waals surface area contributed by atoms with Crippen molar-refractivity contribution in [1.82, 2.24) is 0 Å². The summed E-state index contributed by atoms with van der Waals surface area (Å²) in [5.74, 6) is -3.35. The molecule has 0 aliphatic carbocycles. The highest BCUT2D eigenvalue weighted by molar-refractivity contribution is 6.32. The zero-order valence-electron chi connectivity index (χ0n) is 11.8. The molecule has 0 radical (unpaired) electrons. The molecule has 0 heterocycles. The maximum absolute atomic E-state index is 12.7. The second kappa shape index (κ2) is 6.43. The molecule has 0 bridgehead atoms. The summed E-state index contributed by atoms with van der Waals surface area (Å²) < 4.78 is 81.3. The van der Waals surface area contributed by atoms with E-state index >= 15 is 0 Å². The Morgan fingerprint density at radius 3 is 1.88 bits per heavy atom. The Balaban J connectivity index is 2.26. The lowest BCUT2D eigenvalue weighted by molar-refractivity contribution is -0.253. The minimum atomic E-state index is -5.44. The average molecular weight is 370 g/mol. The number of anilines is 1. The van der Waals surface area contributed by atoms with Gasteiger partial charge in [0, 0.05) is 5.69 Å². The third kappa shape index (κ3) is 4.25. The van der Waals surface area contributed by atoms with Crippen molar-refractivity contribution in [2.45, 2.75) is 18.3 Å². The predicted molar refractivity (Wildman–Crippen MR) is 77.2 cm³/mol. The first-order valence-electron chi connectivity index (χ1n) is 6.45. The van der Waals surface area contributed by atoms with E-state index in [0.29, 0.717) is 17.8 Å². The highest BCUT2D eigenvalue weighted by Crippen LogP contribution is 2.46. The van der Waals surface area contributed by atoms with E-state index in [4.69, 9.17) is 22.1 Å². The number of nitrogen functional groups attached to an aromatic ring is 1. The van der Waals surface area contributed by atoms with Crippen LogP contribution in [0.5, 0.6) is 11.5 Å². The van der Waals surface area contributed by atoms with Crippen LogP contribution < -0.4 is 10.5 Å². The Hall–Kier alpha value is -2.09. The van der Waals surface area contributed by atoms with E-state index in [2.05, 4.69) is 0 Å². The highest BCUT2D eigenvalue weighted by atomic mass is 35.5. The van der Waals surface area contributed by atoms with Gasteiger partial charge in [0.15, 0.2) is 5.92 Å². The second-order valence-corrected chi connectivity index (χ2v) is 5.28. The Labute approximate surface area is 137 Å². The first-order valence-corrected chi connectivity index (χ1v) is 6.82. The van der Waals surface area contributed by atoms with Gasteiger partial charge in [-0.05, 0) is 35.9 Å². The molecular formula is C15H10ClF6NO. The zero-order chi connectivity index (χ0) is 18.1. The third-order valence-corrected chi connectivity index (χ3v) is 3.35. The van der Waals surface area contributed by atoms with Gasteiger partial charge < -0.3 is 10.5 Å². The van der Waals surface area contributed by atoms with E-state index < -0.39 is 23.8 Å². The molecule has 2 aromatic carbocycles. The van der Waals surface area contributed by atoms with Gasteiger partial charge >= 0.3 is 12.4 Å². The lowest BCUT2D eigenvalue weighted by Crippen LogP contribution is -2.34. The average Bonchev–Trinajstić information content (AvgIpc) is 2.41. The molecule has 0 aliphatic rings. The van der Waals surface area contributed by atoms with Crippen LogP contribution in [-0.4, -0.2) is 12.4 Å². The number of rotatable bonds is 3. The molecule has 2 rings (SSSR count). The number of benzene rings is 2. The molecule has 0 aromatic heterocycles. The number of alkyl halides is 6. The molecule has 2 aromatic rings. The summed E-state index contributed by atoms with van der Waals surface area (Å²) in [6.45, 7) is 0. The Kier molecular flexibility index (Phi) is 4.89. The van der Waals surface area contributed by atoms with Crippen molar-refractivity contribution in [3.05, 3.63) is 53.1 Å². The topological polar surface area (TPSA) is 35.2 Å². The minimum Gasteiger partial charge on any atom is -0.456 e. The maximum atomic E-state index is 12.7. The fraction of sp³-hybridized carbons (Fsp3) is 0.200. The van der Waals surface area contributed by atoms with Gasteiger partial charge in [-0.3, -0.25) is 0 Å². The predicted octanol–water partition coefficient (Wildman–Crippen LogP) is 5.92. The standard InChI is InChI=1S/C15H10ClF6NO/c16-11-7-9(23)3-6-12(11)24-10-4-1-8(2-5-10)13(14(17,18)19)15(20,21)22/h1-7,13H,23H2. The van der Waals surface area contributed by atoms with Gasteiger partial charge in [-0.2, -0.15) is 26.3 Å². The number of nitrogens with two attached hydrogens (primary N) is 1. The van der Waals surface area contributed by atoms with Crippen molar-refractivity contribution in [2.75, 3.05) is 5.73 Å². The van der Waals surface area contributed by atoms with Crippen LogP contribution in [0.25, 0.3) is 0 Å². The van der Waals surface area contributed by atoms with Gasteiger partial charge in [0.2, 0.25) is 0 Å². The van der Waals surface area contributed by atoms with Gasteiger partial charge in [0.25, 0.3) is 0 Å². The lowest BCUT2D eigenvalue weighted by Gasteiger charge is -2.23. The van der Waals surface area contributed by atoms with E-state index in [1.165, 1.54) is 18.2 Å². The van der Waals surface area contributed by atoms with Crippen molar-refractivity contribution < 1.29 is 31.1 Å². The monoisotopic (exact) mass is 369 g/mol. The van der Waals surface area contributed by atoms with Crippen LogP contribution >= 0.6 is 11.6 Å². The quantitative estimate of drug-likeness (QED) is 0.538. The number of hydrogen-bond donors (Lipinski definition) is 1. The Bertz CT molecular complexity index is 697. The van der Waals surface area contributed by atoms with E-state index in [9.17, 15) is 26.3 Å². The van der Waals surface area contributed by atoms with Crippen molar-refractivity contribution in [3.8, 4) is 11.5 Å². The molecule has 2 N–H and O–H groups in total. The molecular weight excluding hydrogens is 360 g/mol. The summed E-state index contributed by atoms with van der Waals surface area (Å²) in [6.07, 6.45) is -10.9. The normalized spacial score (nSPS) is 12.5. The fourth-order valence-corrected chi connectivity index (χ4v) is 2.25. The van der Waals surface area contributed by atoms with Gasteiger partial charge in [0.05, 0.1) is 5.02 Å². The molecule has 0 unspecified atom stereocenters. The van der Waals surface area contributed by atoms with Crippen molar-refractivity contribution in [1.29, 1.82) is 0 Å². The molecule has 0 saturated heterocycles. The minimum absolute atomic E-state index is 0.0357. The van der Waals surface area contributed by atoms with E-state index in [1.54, 1.807) is 0 Å². The number of hydrogen-bond acceptors (Lipinski definition) is 2. The maximum Gasteiger partial charge on any atom is 0.404 e. The van der Waals surface area contributed by atoms with Crippen LogP contribution in [0.15, 0.2) is 42.5 Å².